The van der Waals surface area contributed by atoms with Crippen molar-refractivity contribution in [1.82, 2.24) is 19.1 Å². The standard InChI is InChI=1S/C26H40N6O/c1-5-15-20(6-2)32-21-22(27)29-19-30-23(21)31(24(32)33)18-26(4,28)25(3)16-13-11-9-7-8-10-12-14-17-25/h5-6,15,19H,1-2,7-14,16-18,28H2,3-4H3,(H2,27,29,30)/b20-15+. The van der Waals surface area contributed by atoms with Crippen molar-refractivity contribution in [3.05, 3.63) is 48.2 Å². The van der Waals surface area contributed by atoms with Crippen LogP contribution in [0.25, 0.3) is 16.9 Å². The minimum absolute atomic E-state index is 0.0952. The van der Waals surface area contributed by atoms with E-state index < -0.39 is 5.54 Å². The molecule has 2 aromatic heterocycles. The van der Waals surface area contributed by atoms with Gasteiger partial charge < -0.3 is 11.5 Å². The van der Waals surface area contributed by atoms with Gasteiger partial charge in [-0.05, 0) is 37.3 Å². The lowest BCUT2D eigenvalue weighted by Gasteiger charge is -2.45. The van der Waals surface area contributed by atoms with Crippen molar-refractivity contribution < 1.29 is 0 Å². The summed E-state index contributed by atoms with van der Waals surface area (Å²) in [5, 5.41) is 0. The summed E-state index contributed by atoms with van der Waals surface area (Å²) in [7, 11) is 0. The molecule has 1 saturated carbocycles. The Morgan fingerprint density at radius 3 is 2.24 bits per heavy atom. The van der Waals surface area contributed by atoms with Crippen LogP contribution in [0.3, 0.4) is 0 Å². The first kappa shape index (κ1) is 25.0. The Bertz CT molecular complexity index is 1060. The molecule has 0 bridgehead atoms. The monoisotopic (exact) mass is 452 g/mol. The number of hydrogen-bond acceptors (Lipinski definition) is 5. The van der Waals surface area contributed by atoms with Gasteiger partial charge >= 0.3 is 5.69 Å². The van der Waals surface area contributed by atoms with Crippen LogP contribution >= 0.6 is 0 Å². The van der Waals surface area contributed by atoms with Crippen molar-refractivity contribution in [2.24, 2.45) is 11.1 Å². The third-order valence-corrected chi connectivity index (χ3v) is 7.56. The van der Waals surface area contributed by atoms with E-state index in [2.05, 4.69) is 37.0 Å². The first-order valence-corrected chi connectivity index (χ1v) is 12.2. The number of nitrogens with two attached hydrogens (primary N) is 2. The molecule has 0 aromatic carbocycles. The predicted octanol–water partition coefficient (Wildman–Crippen LogP) is 5.03. The molecule has 0 amide bonds. The number of allylic oxidation sites excluding steroid dienone is 4. The maximum Gasteiger partial charge on any atom is 0.335 e. The molecular weight excluding hydrogens is 412 g/mol. The first-order chi connectivity index (χ1) is 15.8. The number of fused-ring (bicyclic) bond motifs is 1. The van der Waals surface area contributed by atoms with Crippen LogP contribution in [0, 0.1) is 5.41 Å². The highest BCUT2D eigenvalue weighted by Crippen LogP contribution is 2.41. The fraction of sp³-hybridized carbons (Fsp3) is 0.577. The molecule has 0 aliphatic heterocycles. The van der Waals surface area contributed by atoms with E-state index in [1.807, 2.05) is 0 Å². The Hall–Kier alpha value is -2.67. The summed E-state index contributed by atoms with van der Waals surface area (Å²) in [5.74, 6) is 0.243. The summed E-state index contributed by atoms with van der Waals surface area (Å²) in [4.78, 5) is 22.2. The third kappa shape index (κ3) is 5.13. The van der Waals surface area contributed by atoms with Crippen LogP contribution in [-0.4, -0.2) is 24.6 Å². The summed E-state index contributed by atoms with van der Waals surface area (Å²) in [6, 6.07) is 0. The lowest BCUT2D eigenvalue weighted by atomic mass is 9.66. The van der Waals surface area contributed by atoms with Crippen LogP contribution in [0.2, 0.25) is 0 Å². The predicted molar refractivity (Wildman–Crippen MR) is 138 cm³/mol. The second-order valence-electron chi connectivity index (χ2n) is 9.97. The van der Waals surface area contributed by atoms with Gasteiger partial charge in [0.2, 0.25) is 0 Å². The molecule has 0 saturated heterocycles. The molecule has 1 aliphatic rings. The van der Waals surface area contributed by atoms with Crippen LogP contribution < -0.4 is 17.2 Å². The third-order valence-electron chi connectivity index (χ3n) is 7.56. The minimum Gasteiger partial charge on any atom is -0.382 e. The lowest BCUT2D eigenvalue weighted by Crippen LogP contribution is -2.55. The molecule has 1 fully saturated rings. The molecule has 33 heavy (non-hydrogen) atoms. The number of hydrogen-bond donors (Lipinski definition) is 2. The summed E-state index contributed by atoms with van der Waals surface area (Å²) < 4.78 is 3.17. The van der Waals surface area contributed by atoms with Crippen molar-refractivity contribution >= 4 is 22.7 Å². The normalized spacial score (nSPS) is 20.0. The molecule has 2 heterocycles. The smallest absolute Gasteiger partial charge is 0.335 e. The van der Waals surface area contributed by atoms with Crippen LogP contribution in [0.15, 0.2) is 42.5 Å². The van der Waals surface area contributed by atoms with Crippen LogP contribution in [0.4, 0.5) is 5.82 Å². The Kier molecular flexibility index (Phi) is 7.95. The molecule has 2 aromatic rings. The molecular formula is C26H40N6O. The maximum absolute atomic E-state index is 13.7. The van der Waals surface area contributed by atoms with Gasteiger partial charge in [0, 0.05) is 12.1 Å². The number of nitrogens with zero attached hydrogens (tertiary/aromatic N) is 4. The second kappa shape index (κ2) is 10.5. The zero-order chi connectivity index (χ0) is 24.1. The molecule has 0 radical (unpaired) electrons. The fourth-order valence-corrected chi connectivity index (χ4v) is 5.14. The topological polar surface area (TPSA) is 105 Å². The van der Waals surface area contributed by atoms with Gasteiger partial charge in [-0.1, -0.05) is 77.5 Å². The molecule has 1 unspecified atom stereocenters. The van der Waals surface area contributed by atoms with Crippen molar-refractivity contribution in [3.63, 3.8) is 0 Å². The van der Waals surface area contributed by atoms with E-state index in [0.717, 1.165) is 25.7 Å². The number of anilines is 1. The number of aromatic nitrogens is 4. The molecule has 180 valence electrons. The van der Waals surface area contributed by atoms with Crippen molar-refractivity contribution in [3.8, 4) is 0 Å². The van der Waals surface area contributed by atoms with E-state index >= 15 is 0 Å². The largest absolute Gasteiger partial charge is 0.382 e. The molecule has 1 aliphatic carbocycles. The summed E-state index contributed by atoms with van der Waals surface area (Å²) >= 11 is 0. The Balaban J connectivity index is 2.07. The fourth-order valence-electron chi connectivity index (χ4n) is 5.14. The van der Waals surface area contributed by atoms with Gasteiger partial charge in [0.15, 0.2) is 11.5 Å². The average Bonchev–Trinajstić information content (AvgIpc) is 3.02. The second-order valence-corrected chi connectivity index (χ2v) is 9.97. The summed E-state index contributed by atoms with van der Waals surface area (Å²) in [6.45, 7) is 12.3. The molecule has 1 atom stereocenters. The van der Waals surface area contributed by atoms with E-state index in [-0.39, 0.29) is 16.9 Å². The van der Waals surface area contributed by atoms with E-state index in [1.54, 1.807) is 22.8 Å². The summed E-state index contributed by atoms with van der Waals surface area (Å²) in [5.41, 5.74) is 13.9. The molecule has 3 rings (SSSR count). The van der Waals surface area contributed by atoms with Gasteiger partial charge in [-0.15, -0.1) is 0 Å². The van der Waals surface area contributed by atoms with Gasteiger partial charge in [-0.25, -0.2) is 14.8 Å². The molecule has 0 spiro atoms. The van der Waals surface area contributed by atoms with E-state index in [4.69, 9.17) is 11.5 Å². The highest BCUT2D eigenvalue weighted by atomic mass is 16.1. The van der Waals surface area contributed by atoms with Crippen LogP contribution in [0.1, 0.15) is 78.1 Å². The average molecular weight is 453 g/mol. The van der Waals surface area contributed by atoms with Gasteiger partial charge in [-0.3, -0.25) is 9.13 Å². The number of nitrogen functional groups attached to an aromatic ring is 1. The molecule has 7 nitrogen and oxygen atoms in total. The Morgan fingerprint density at radius 2 is 1.70 bits per heavy atom. The van der Waals surface area contributed by atoms with E-state index in [1.165, 1.54) is 49.4 Å². The van der Waals surface area contributed by atoms with Crippen molar-refractivity contribution in [2.45, 2.75) is 90.1 Å². The highest BCUT2D eigenvalue weighted by molar-refractivity contribution is 5.86. The van der Waals surface area contributed by atoms with Crippen LogP contribution in [0.5, 0.6) is 0 Å². The van der Waals surface area contributed by atoms with Gasteiger partial charge in [0.05, 0.1) is 5.70 Å². The van der Waals surface area contributed by atoms with E-state index in [9.17, 15) is 4.79 Å². The maximum atomic E-state index is 13.7. The summed E-state index contributed by atoms with van der Waals surface area (Å²) in [6.07, 6.45) is 18.5. The van der Waals surface area contributed by atoms with Crippen LogP contribution in [-0.2, 0) is 6.54 Å². The van der Waals surface area contributed by atoms with E-state index in [0.29, 0.717) is 23.4 Å². The van der Waals surface area contributed by atoms with Gasteiger partial charge in [0.25, 0.3) is 0 Å². The number of rotatable bonds is 6. The van der Waals surface area contributed by atoms with Crippen molar-refractivity contribution in [2.75, 3.05) is 5.73 Å². The highest BCUT2D eigenvalue weighted by Gasteiger charge is 2.42. The van der Waals surface area contributed by atoms with Gasteiger partial charge in [0.1, 0.15) is 11.8 Å². The SMILES string of the molecule is C=C/C=C(\C=C)n1c(=O)n(CC(C)(N)C2(C)CCCCCCCCCC2)c2ncnc(N)c21. The Labute approximate surface area is 197 Å². The van der Waals surface area contributed by atoms with Crippen molar-refractivity contribution in [1.29, 1.82) is 0 Å². The Morgan fingerprint density at radius 1 is 1.12 bits per heavy atom. The quantitative estimate of drug-likeness (QED) is 0.598. The zero-order valence-corrected chi connectivity index (χ0v) is 20.4. The minimum atomic E-state index is -0.611. The lowest BCUT2D eigenvalue weighted by molar-refractivity contribution is 0.105. The molecule has 7 heteroatoms. The number of imidazole rings is 1. The zero-order valence-electron chi connectivity index (χ0n) is 20.4. The first-order valence-electron chi connectivity index (χ1n) is 12.2. The van der Waals surface area contributed by atoms with Gasteiger partial charge in [-0.2, -0.15) is 0 Å². The molecule has 4 N–H and O–H groups in total.